The third kappa shape index (κ3) is 3.83. The van der Waals surface area contributed by atoms with Gasteiger partial charge < -0.3 is 15.1 Å². The second-order valence-electron chi connectivity index (χ2n) is 9.96. The monoisotopic (exact) mass is 399 g/mol. The van der Waals surface area contributed by atoms with E-state index in [9.17, 15) is 9.59 Å². The Hall–Kier alpha value is -1.82. The molecule has 6 nitrogen and oxygen atoms in total. The van der Waals surface area contributed by atoms with Crippen LogP contribution in [0.1, 0.15) is 63.2 Å². The van der Waals surface area contributed by atoms with Gasteiger partial charge in [-0.1, -0.05) is 0 Å². The summed E-state index contributed by atoms with van der Waals surface area (Å²) in [5.41, 5.74) is -0.193. The van der Waals surface area contributed by atoms with Crippen molar-refractivity contribution in [1.82, 2.24) is 15.5 Å². The molecule has 6 rings (SSSR count). The molecule has 2 heterocycles. The van der Waals surface area contributed by atoms with E-state index in [2.05, 4.69) is 15.5 Å². The van der Waals surface area contributed by atoms with Crippen LogP contribution in [0, 0.1) is 23.2 Å². The third-order valence-corrected chi connectivity index (χ3v) is 7.88. The summed E-state index contributed by atoms with van der Waals surface area (Å²) in [6.07, 6.45) is 11.1. The van der Waals surface area contributed by atoms with Gasteiger partial charge in [-0.2, -0.15) is 0 Å². The van der Waals surface area contributed by atoms with Crippen LogP contribution in [0.3, 0.4) is 0 Å². The third-order valence-electron chi connectivity index (χ3n) is 7.88. The van der Waals surface area contributed by atoms with Crippen molar-refractivity contribution >= 4 is 11.8 Å². The molecule has 4 bridgehead atoms. The Morgan fingerprint density at radius 3 is 2.31 bits per heavy atom. The lowest BCUT2D eigenvalue weighted by molar-refractivity contribution is -0.147. The first-order chi connectivity index (χ1) is 14.1. The van der Waals surface area contributed by atoms with Gasteiger partial charge in [0.25, 0.3) is 0 Å². The summed E-state index contributed by atoms with van der Waals surface area (Å²) >= 11 is 0. The molecular weight excluding hydrogens is 366 g/mol. The van der Waals surface area contributed by atoms with Gasteiger partial charge in [-0.25, -0.2) is 0 Å². The van der Waals surface area contributed by atoms with Crippen LogP contribution in [0.5, 0.6) is 0 Å². The highest BCUT2D eigenvalue weighted by Crippen LogP contribution is 2.60. The fourth-order valence-electron chi connectivity index (χ4n) is 6.95. The molecule has 0 radical (unpaired) electrons. The number of hydrogen-bond acceptors (Lipinski definition) is 4. The standard InChI is InChI=1S/C23H33N3O3/c27-21(24-14-19(20-4-3-7-29-20)26-5-1-2-6-26)15-25-22(28)23-11-16-8-17(12-23)10-18(9-16)13-23/h3-4,7,16-19H,1-2,5-6,8-15H2,(H,24,27)(H,25,28)/t16?,17?,18?,19-,23?/m1/s1. The Labute approximate surface area is 172 Å². The summed E-state index contributed by atoms with van der Waals surface area (Å²) in [6, 6.07) is 3.94. The number of carbonyl (C=O) groups is 2. The SMILES string of the molecule is O=C(CNC(=O)C12CC3CC(CC(C3)C1)C2)NC[C@H](c1ccco1)N1CCCC1. The maximum Gasteiger partial charge on any atom is 0.239 e. The van der Waals surface area contributed by atoms with Gasteiger partial charge in [0, 0.05) is 12.0 Å². The number of nitrogens with one attached hydrogen (secondary N) is 2. The Morgan fingerprint density at radius 2 is 1.72 bits per heavy atom. The molecule has 2 amide bonds. The molecule has 1 aromatic heterocycles. The molecule has 1 atom stereocenters. The average Bonchev–Trinajstić information content (AvgIpc) is 3.40. The van der Waals surface area contributed by atoms with Gasteiger partial charge >= 0.3 is 0 Å². The number of carbonyl (C=O) groups excluding carboxylic acids is 2. The van der Waals surface area contributed by atoms with Gasteiger partial charge in [0.15, 0.2) is 0 Å². The van der Waals surface area contributed by atoms with Crippen molar-refractivity contribution in [2.45, 2.75) is 57.4 Å². The minimum atomic E-state index is -0.193. The molecular formula is C23H33N3O3. The molecule has 0 aromatic carbocycles. The summed E-state index contributed by atoms with van der Waals surface area (Å²) in [6.45, 7) is 2.65. The summed E-state index contributed by atoms with van der Waals surface area (Å²) in [5.74, 6) is 3.10. The van der Waals surface area contributed by atoms with Crippen molar-refractivity contribution in [3.05, 3.63) is 24.2 Å². The van der Waals surface area contributed by atoms with E-state index in [1.165, 1.54) is 32.1 Å². The minimum absolute atomic E-state index is 0.0651. The van der Waals surface area contributed by atoms with Crippen LogP contribution in [-0.2, 0) is 9.59 Å². The average molecular weight is 400 g/mol. The lowest BCUT2D eigenvalue weighted by Gasteiger charge is -2.55. The second kappa shape index (κ2) is 7.78. The van der Waals surface area contributed by atoms with E-state index in [1.807, 2.05) is 12.1 Å². The Bertz CT molecular complexity index is 703. The topological polar surface area (TPSA) is 74.6 Å². The summed E-state index contributed by atoms with van der Waals surface area (Å²) in [7, 11) is 0. The number of rotatable bonds is 7. The molecule has 158 valence electrons. The van der Waals surface area contributed by atoms with Crippen molar-refractivity contribution in [3.8, 4) is 0 Å². The maximum atomic E-state index is 13.0. The summed E-state index contributed by atoms with van der Waals surface area (Å²) < 4.78 is 5.61. The molecule has 6 heteroatoms. The smallest absolute Gasteiger partial charge is 0.239 e. The van der Waals surface area contributed by atoms with Crippen LogP contribution < -0.4 is 10.6 Å². The van der Waals surface area contributed by atoms with E-state index in [-0.39, 0.29) is 29.8 Å². The highest BCUT2D eigenvalue weighted by Gasteiger charge is 2.54. The molecule has 0 unspecified atom stereocenters. The van der Waals surface area contributed by atoms with Gasteiger partial charge in [-0.15, -0.1) is 0 Å². The van der Waals surface area contributed by atoms with Gasteiger partial charge in [-0.05, 0) is 94.3 Å². The van der Waals surface area contributed by atoms with Crippen LogP contribution >= 0.6 is 0 Å². The summed E-state index contributed by atoms with van der Waals surface area (Å²) in [4.78, 5) is 27.9. The molecule has 1 aromatic rings. The van der Waals surface area contributed by atoms with Crippen molar-refractivity contribution in [2.75, 3.05) is 26.2 Å². The predicted octanol–water partition coefficient (Wildman–Crippen LogP) is 2.87. The van der Waals surface area contributed by atoms with E-state index in [0.717, 1.165) is 55.9 Å². The number of amides is 2. The van der Waals surface area contributed by atoms with Gasteiger partial charge in [0.2, 0.25) is 11.8 Å². The first-order valence-corrected chi connectivity index (χ1v) is 11.4. The minimum Gasteiger partial charge on any atom is -0.468 e. The maximum absolute atomic E-state index is 13.0. The normalized spacial score (nSPS) is 34.3. The molecule has 0 spiro atoms. The zero-order valence-electron chi connectivity index (χ0n) is 17.2. The zero-order chi connectivity index (χ0) is 19.8. The van der Waals surface area contributed by atoms with Crippen LogP contribution in [0.4, 0.5) is 0 Å². The molecule has 1 aliphatic heterocycles. The van der Waals surface area contributed by atoms with Crippen LogP contribution in [0.2, 0.25) is 0 Å². The molecule has 2 N–H and O–H groups in total. The number of furan rings is 1. The van der Waals surface area contributed by atoms with Gasteiger partial charge in [0.1, 0.15) is 5.76 Å². The molecule has 29 heavy (non-hydrogen) atoms. The van der Waals surface area contributed by atoms with Crippen LogP contribution in [0.15, 0.2) is 22.8 Å². The van der Waals surface area contributed by atoms with E-state index in [1.54, 1.807) is 6.26 Å². The molecule has 5 fully saturated rings. The first kappa shape index (κ1) is 19.2. The lowest BCUT2D eigenvalue weighted by atomic mass is 9.49. The molecule has 4 aliphatic carbocycles. The van der Waals surface area contributed by atoms with Crippen molar-refractivity contribution in [3.63, 3.8) is 0 Å². The van der Waals surface area contributed by atoms with Crippen molar-refractivity contribution in [1.29, 1.82) is 0 Å². The predicted molar refractivity (Wildman–Crippen MR) is 109 cm³/mol. The molecule has 5 aliphatic rings. The highest BCUT2D eigenvalue weighted by atomic mass is 16.3. The Morgan fingerprint density at radius 1 is 1.07 bits per heavy atom. The fourth-order valence-corrected chi connectivity index (χ4v) is 6.95. The summed E-state index contributed by atoms with van der Waals surface area (Å²) in [5, 5.41) is 6.00. The quantitative estimate of drug-likeness (QED) is 0.739. The highest BCUT2D eigenvalue weighted by molar-refractivity contribution is 5.88. The van der Waals surface area contributed by atoms with E-state index in [0.29, 0.717) is 6.54 Å². The number of nitrogens with zero attached hydrogens (tertiary/aromatic N) is 1. The van der Waals surface area contributed by atoms with Gasteiger partial charge in [-0.3, -0.25) is 14.5 Å². The second-order valence-corrected chi connectivity index (χ2v) is 9.96. The van der Waals surface area contributed by atoms with Crippen molar-refractivity contribution < 1.29 is 14.0 Å². The van der Waals surface area contributed by atoms with Gasteiger partial charge in [0.05, 0.1) is 18.8 Å². The number of likely N-dealkylation sites (tertiary alicyclic amines) is 1. The van der Waals surface area contributed by atoms with Crippen LogP contribution in [-0.4, -0.2) is 42.9 Å². The molecule has 4 saturated carbocycles. The van der Waals surface area contributed by atoms with Crippen molar-refractivity contribution in [2.24, 2.45) is 23.2 Å². The van der Waals surface area contributed by atoms with Crippen LogP contribution in [0.25, 0.3) is 0 Å². The lowest BCUT2D eigenvalue weighted by Crippen LogP contribution is -2.54. The largest absolute Gasteiger partial charge is 0.468 e. The van der Waals surface area contributed by atoms with E-state index < -0.39 is 0 Å². The fraction of sp³-hybridized carbons (Fsp3) is 0.739. The number of hydrogen-bond donors (Lipinski definition) is 2. The van der Waals surface area contributed by atoms with E-state index >= 15 is 0 Å². The Balaban J connectivity index is 1.13. The zero-order valence-corrected chi connectivity index (χ0v) is 17.2. The molecule has 1 saturated heterocycles. The Kier molecular flexibility index (Phi) is 5.14. The first-order valence-electron chi connectivity index (χ1n) is 11.4. The van der Waals surface area contributed by atoms with E-state index in [4.69, 9.17) is 4.42 Å².